The molecule has 0 aliphatic carbocycles. The molecule has 4 rings (SSSR count). The predicted molar refractivity (Wildman–Crippen MR) is 154 cm³/mol. The van der Waals surface area contributed by atoms with Gasteiger partial charge in [-0.1, -0.05) is 59.8 Å². The van der Waals surface area contributed by atoms with Crippen LogP contribution in [0.3, 0.4) is 0 Å². The molecule has 0 saturated heterocycles. The molecule has 1 atom stereocenters. The highest BCUT2D eigenvalue weighted by Gasteiger charge is 2.19. The minimum atomic E-state index is -0.473. The fourth-order valence-electron chi connectivity index (χ4n) is 3.52. The van der Waals surface area contributed by atoms with E-state index in [1.54, 1.807) is 25.1 Å². The first-order valence-corrected chi connectivity index (χ1v) is 13.5. The zero-order chi connectivity index (χ0) is 27.6. The molecule has 202 valence electrons. The fraction of sp³-hybridized carbons (Fsp3) is 0.214. The number of para-hydroxylation sites is 1. The number of allylic oxidation sites excluding steroid dienone is 1. The van der Waals surface area contributed by atoms with E-state index < -0.39 is 5.25 Å². The highest BCUT2D eigenvalue weighted by molar-refractivity contribution is 8.00. The molecule has 2 heterocycles. The minimum Gasteiger partial charge on any atom is -0.460 e. The summed E-state index contributed by atoms with van der Waals surface area (Å²) in [6.45, 7) is 8.86. The topological polar surface area (TPSA) is 107 Å². The van der Waals surface area contributed by atoms with Gasteiger partial charge in [0.2, 0.25) is 0 Å². The van der Waals surface area contributed by atoms with Gasteiger partial charge in [0, 0.05) is 28.9 Å². The van der Waals surface area contributed by atoms with Gasteiger partial charge in [0.05, 0.1) is 18.0 Å². The number of benzene rings is 2. The molecule has 39 heavy (non-hydrogen) atoms. The average Bonchev–Trinajstić information content (AvgIpc) is 3.54. The monoisotopic (exact) mass is 564 g/mol. The summed E-state index contributed by atoms with van der Waals surface area (Å²) >= 11 is 7.54. The number of halogens is 1. The second-order valence-electron chi connectivity index (χ2n) is 8.49. The molecule has 0 radical (unpaired) electrons. The Bertz CT molecular complexity index is 1420. The van der Waals surface area contributed by atoms with Crippen molar-refractivity contribution in [3.8, 4) is 5.95 Å². The highest BCUT2D eigenvalue weighted by Crippen LogP contribution is 2.24. The molecular formula is C28H29ClN6O3S. The number of anilines is 1. The van der Waals surface area contributed by atoms with Crippen LogP contribution in [0.5, 0.6) is 5.95 Å². The Morgan fingerprint density at radius 2 is 2.03 bits per heavy atom. The lowest BCUT2D eigenvalue weighted by atomic mass is 10.1. The number of carbonyl (C=O) groups excluding carboxylic acids is 1. The molecule has 9 nitrogen and oxygen atoms in total. The Morgan fingerprint density at radius 3 is 2.79 bits per heavy atom. The van der Waals surface area contributed by atoms with Crippen LogP contribution in [0, 0.1) is 6.92 Å². The number of hydrazone groups is 1. The number of aryl methyl sites for hydroxylation is 1. The van der Waals surface area contributed by atoms with E-state index in [-0.39, 0.29) is 12.5 Å². The molecule has 2 aromatic carbocycles. The predicted octanol–water partition coefficient (Wildman–Crippen LogP) is 5.84. The first kappa shape index (κ1) is 28.0. The Morgan fingerprint density at radius 1 is 1.21 bits per heavy atom. The van der Waals surface area contributed by atoms with Gasteiger partial charge in [0.1, 0.15) is 6.61 Å². The van der Waals surface area contributed by atoms with E-state index in [0.717, 1.165) is 22.6 Å². The van der Waals surface area contributed by atoms with Crippen LogP contribution < -0.4 is 15.5 Å². The number of nitrogens with zero attached hydrogens (tertiary/aromatic N) is 4. The molecule has 2 N–H and O–H groups in total. The van der Waals surface area contributed by atoms with Crippen molar-refractivity contribution in [1.29, 1.82) is 0 Å². The number of nitrogens with one attached hydrogen (secondary N) is 2. The number of hydrogen-bond donors (Lipinski definition) is 2. The lowest BCUT2D eigenvalue weighted by molar-refractivity contribution is -0.120. The van der Waals surface area contributed by atoms with E-state index in [4.69, 9.17) is 20.8 Å². The van der Waals surface area contributed by atoms with E-state index in [1.807, 2.05) is 60.0 Å². The van der Waals surface area contributed by atoms with Crippen molar-refractivity contribution in [3.05, 3.63) is 101 Å². The molecule has 0 aliphatic heterocycles. The first-order valence-electron chi connectivity index (χ1n) is 12.2. The molecule has 0 fully saturated rings. The Balaban J connectivity index is 1.29. The average molecular weight is 565 g/mol. The number of furan rings is 1. The maximum Gasteiger partial charge on any atom is 0.285 e. The van der Waals surface area contributed by atoms with Crippen LogP contribution in [0.15, 0.2) is 88.0 Å². The van der Waals surface area contributed by atoms with Crippen LogP contribution >= 0.6 is 23.4 Å². The van der Waals surface area contributed by atoms with Crippen LogP contribution in [0.25, 0.3) is 0 Å². The first-order chi connectivity index (χ1) is 18.9. The SMILES string of the molecule is C=CCn1c(CNc2ccccc2)nnc1SC(C)C(=O)N/N=C/c1ccc(OCc2c(C)cccc2Cl)o1. The number of amides is 1. The molecule has 2 aromatic heterocycles. The van der Waals surface area contributed by atoms with Crippen molar-refractivity contribution in [2.45, 2.75) is 44.0 Å². The summed E-state index contributed by atoms with van der Waals surface area (Å²) in [4.78, 5) is 12.6. The third-order valence-electron chi connectivity index (χ3n) is 5.66. The second-order valence-corrected chi connectivity index (χ2v) is 10.2. The van der Waals surface area contributed by atoms with Crippen molar-refractivity contribution < 1.29 is 13.9 Å². The summed E-state index contributed by atoms with van der Waals surface area (Å²) in [5.74, 6) is 1.21. The molecule has 0 spiro atoms. The molecule has 0 saturated carbocycles. The van der Waals surface area contributed by atoms with Crippen LogP contribution in [0.4, 0.5) is 5.69 Å². The van der Waals surface area contributed by atoms with Crippen LogP contribution in [0.2, 0.25) is 5.02 Å². The summed E-state index contributed by atoms with van der Waals surface area (Å²) in [6, 6.07) is 18.9. The smallest absolute Gasteiger partial charge is 0.285 e. The Labute approximate surface area is 236 Å². The summed E-state index contributed by atoms with van der Waals surface area (Å²) in [5, 5.41) is 16.7. The van der Waals surface area contributed by atoms with Crippen LogP contribution in [-0.4, -0.2) is 32.1 Å². The Hall–Kier alpha value is -4.02. The molecule has 1 amide bonds. The summed E-state index contributed by atoms with van der Waals surface area (Å²) in [7, 11) is 0. The molecule has 1 unspecified atom stereocenters. The van der Waals surface area contributed by atoms with E-state index >= 15 is 0 Å². The largest absolute Gasteiger partial charge is 0.460 e. The summed E-state index contributed by atoms with van der Waals surface area (Å²) in [5.41, 5.74) is 5.45. The zero-order valence-corrected chi connectivity index (χ0v) is 23.2. The van der Waals surface area contributed by atoms with Crippen LogP contribution in [-0.2, 0) is 24.5 Å². The zero-order valence-electron chi connectivity index (χ0n) is 21.6. The van der Waals surface area contributed by atoms with Crippen molar-refractivity contribution >= 4 is 41.2 Å². The van der Waals surface area contributed by atoms with E-state index in [0.29, 0.717) is 35.0 Å². The highest BCUT2D eigenvalue weighted by atomic mass is 35.5. The van der Waals surface area contributed by atoms with Gasteiger partial charge in [-0.25, -0.2) is 5.43 Å². The van der Waals surface area contributed by atoms with E-state index in [2.05, 4.69) is 32.6 Å². The lowest BCUT2D eigenvalue weighted by Gasteiger charge is -2.12. The second kappa shape index (κ2) is 13.7. The van der Waals surface area contributed by atoms with Crippen molar-refractivity contribution in [3.63, 3.8) is 0 Å². The number of thioether (sulfide) groups is 1. The van der Waals surface area contributed by atoms with Gasteiger partial charge in [-0.05, 0) is 43.7 Å². The maximum atomic E-state index is 12.6. The summed E-state index contributed by atoms with van der Waals surface area (Å²) < 4.78 is 13.3. The minimum absolute atomic E-state index is 0.279. The van der Waals surface area contributed by atoms with Crippen molar-refractivity contribution in [2.75, 3.05) is 5.32 Å². The van der Waals surface area contributed by atoms with Gasteiger partial charge in [0.25, 0.3) is 11.9 Å². The third kappa shape index (κ3) is 7.75. The fourth-order valence-corrected chi connectivity index (χ4v) is 4.67. The maximum absolute atomic E-state index is 12.6. The molecule has 11 heteroatoms. The number of aromatic nitrogens is 3. The van der Waals surface area contributed by atoms with Gasteiger partial charge in [0.15, 0.2) is 16.7 Å². The van der Waals surface area contributed by atoms with Gasteiger partial charge in [-0.2, -0.15) is 5.10 Å². The van der Waals surface area contributed by atoms with Gasteiger partial charge in [-0.3, -0.25) is 4.79 Å². The van der Waals surface area contributed by atoms with Gasteiger partial charge in [-0.15, -0.1) is 16.8 Å². The van der Waals surface area contributed by atoms with E-state index in [1.165, 1.54) is 18.0 Å². The Kier molecular flexibility index (Phi) is 9.82. The van der Waals surface area contributed by atoms with Gasteiger partial charge < -0.3 is 19.0 Å². The quantitative estimate of drug-likeness (QED) is 0.0909. The molecule has 0 bridgehead atoms. The van der Waals surface area contributed by atoms with Gasteiger partial charge >= 0.3 is 0 Å². The number of hydrogen-bond acceptors (Lipinski definition) is 8. The van der Waals surface area contributed by atoms with Crippen molar-refractivity contribution in [2.24, 2.45) is 5.10 Å². The van der Waals surface area contributed by atoms with Crippen molar-refractivity contribution in [1.82, 2.24) is 20.2 Å². The third-order valence-corrected chi connectivity index (χ3v) is 7.10. The number of rotatable bonds is 13. The number of ether oxygens (including phenoxy) is 1. The van der Waals surface area contributed by atoms with E-state index in [9.17, 15) is 4.79 Å². The molecular weight excluding hydrogens is 536 g/mol. The normalized spacial score (nSPS) is 11.9. The summed E-state index contributed by atoms with van der Waals surface area (Å²) in [6.07, 6.45) is 3.18. The molecule has 0 aliphatic rings. The lowest BCUT2D eigenvalue weighted by Crippen LogP contribution is -2.27. The number of carbonyl (C=O) groups is 1. The standard InChI is InChI=1S/C28H29ClN6O3S/c1-4-15-35-25(17-30-21-10-6-5-7-11-21)32-34-28(35)39-20(3)27(36)33-31-16-22-13-14-26(38-22)37-18-23-19(2)9-8-12-24(23)29/h4-14,16,20,30H,1,15,17-18H2,2-3H3,(H,33,36)/b31-16+. The van der Waals surface area contributed by atoms with Crippen LogP contribution in [0.1, 0.15) is 29.6 Å². The molecule has 4 aromatic rings.